The first kappa shape index (κ1) is 21.8. The van der Waals surface area contributed by atoms with Gasteiger partial charge in [0.05, 0.1) is 5.69 Å². The zero-order chi connectivity index (χ0) is 21.9. The van der Waals surface area contributed by atoms with Crippen molar-refractivity contribution in [2.75, 3.05) is 13.1 Å². The molecule has 1 fully saturated rings. The third-order valence-electron chi connectivity index (χ3n) is 4.54. The Kier molecular flexibility index (Phi) is 6.40. The second-order valence-corrected chi connectivity index (χ2v) is 7.19. The Bertz CT molecular complexity index is 982. The highest BCUT2D eigenvalue weighted by molar-refractivity contribution is 6.29. The van der Waals surface area contributed by atoms with Crippen LogP contribution < -0.4 is 5.32 Å². The van der Waals surface area contributed by atoms with Crippen LogP contribution in [0.1, 0.15) is 16.7 Å². The highest BCUT2D eigenvalue weighted by Crippen LogP contribution is 2.29. The van der Waals surface area contributed by atoms with Gasteiger partial charge >= 0.3 is 6.18 Å². The molecule has 6 nitrogen and oxygen atoms in total. The lowest BCUT2D eigenvalue weighted by molar-refractivity contribution is -0.166. The van der Waals surface area contributed by atoms with Crippen LogP contribution in [0.2, 0.25) is 5.15 Å². The third kappa shape index (κ3) is 4.96. The van der Waals surface area contributed by atoms with Gasteiger partial charge in [-0.1, -0.05) is 35.9 Å². The monoisotopic (exact) mass is 437 g/mol. The molecule has 1 aromatic heterocycles. The molecule has 0 saturated carbocycles. The molecule has 0 spiro atoms. The van der Waals surface area contributed by atoms with Gasteiger partial charge in [-0.25, -0.2) is 4.98 Å². The molecule has 1 aromatic carbocycles. The summed E-state index contributed by atoms with van der Waals surface area (Å²) in [6.07, 6.45) is -3.55. The number of Topliss-reactive ketones (excluding diaryl/α,β-unsaturated/α-hetero) is 1. The number of nitrogens with zero attached hydrogens (tertiary/aromatic N) is 4. The smallest absolute Gasteiger partial charge is 0.368 e. The first-order chi connectivity index (χ1) is 14.2. The van der Waals surface area contributed by atoms with Gasteiger partial charge in [0.2, 0.25) is 0 Å². The Morgan fingerprint density at radius 2 is 1.93 bits per heavy atom. The number of carbonyl (C=O) groups is 1. The number of hydrogen-bond donors (Lipinski definition) is 1. The number of ketones is 1. The van der Waals surface area contributed by atoms with Gasteiger partial charge < -0.3 is 10.2 Å². The molecular formula is C20H19ClF3N5O. The van der Waals surface area contributed by atoms with Crippen LogP contribution in [-0.2, 0) is 11.3 Å². The first-order valence-electron chi connectivity index (χ1n) is 9.10. The van der Waals surface area contributed by atoms with Gasteiger partial charge in [0.15, 0.2) is 5.70 Å². The van der Waals surface area contributed by atoms with E-state index in [0.29, 0.717) is 23.9 Å². The van der Waals surface area contributed by atoms with E-state index in [4.69, 9.17) is 11.6 Å². The predicted molar refractivity (Wildman–Crippen MR) is 106 cm³/mol. The maximum atomic E-state index is 13.3. The van der Waals surface area contributed by atoms with E-state index in [0.717, 1.165) is 16.7 Å². The molecule has 0 bridgehead atoms. The Balaban J connectivity index is 2.01. The van der Waals surface area contributed by atoms with Crippen molar-refractivity contribution in [1.82, 2.24) is 15.2 Å². The number of carbonyl (C=O) groups excluding carboxylic acids is 1. The number of halogens is 4. The van der Waals surface area contributed by atoms with Crippen LogP contribution in [0.3, 0.4) is 0 Å². The molecule has 2 heterocycles. The van der Waals surface area contributed by atoms with E-state index < -0.39 is 17.7 Å². The van der Waals surface area contributed by atoms with Crippen LogP contribution in [-0.4, -0.2) is 34.9 Å². The Morgan fingerprint density at radius 1 is 1.23 bits per heavy atom. The molecule has 0 radical (unpaired) electrons. The molecule has 3 rings (SSSR count). The van der Waals surface area contributed by atoms with Crippen molar-refractivity contribution in [2.24, 2.45) is 10.2 Å². The molecule has 1 aliphatic rings. The van der Waals surface area contributed by atoms with Crippen LogP contribution in [0.5, 0.6) is 0 Å². The lowest BCUT2D eigenvalue weighted by atomic mass is 10.1. The number of alkyl halides is 3. The molecule has 0 unspecified atom stereocenters. The summed E-state index contributed by atoms with van der Waals surface area (Å²) < 4.78 is 39.8. The molecule has 0 aliphatic carbocycles. The Hall–Kier alpha value is -2.94. The van der Waals surface area contributed by atoms with E-state index in [9.17, 15) is 18.0 Å². The fraction of sp³-hybridized carbons (Fsp3) is 0.300. The Labute approximate surface area is 176 Å². The summed E-state index contributed by atoms with van der Waals surface area (Å²) in [5.41, 5.74) is 1.87. The van der Waals surface area contributed by atoms with Gasteiger partial charge in [-0.3, -0.25) is 4.79 Å². The summed E-state index contributed by atoms with van der Waals surface area (Å²) in [5.74, 6) is -2.07. The van der Waals surface area contributed by atoms with Crippen molar-refractivity contribution in [3.63, 3.8) is 0 Å². The summed E-state index contributed by atoms with van der Waals surface area (Å²) in [4.78, 5) is 17.7. The highest BCUT2D eigenvalue weighted by atomic mass is 35.5. The number of benzene rings is 1. The number of aryl methyl sites for hydroxylation is 2. The van der Waals surface area contributed by atoms with Gasteiger partial charge in [0.1, 0.15) is 11.0 Å². The van der Waals surface area contributed by atoms with E-state index in [2.05, 4.69) is 20.5 Å². The summed E-state index contributed by atoms with van der Waals surface area (Å²) >= 11 is 5.78. The van der Waals surface area contributed by atoms with E-state index in [1.807, 2.05) is 6.07 Å². The van der Waals surface area contributed by atoms with Crippen LogP contribution in [0.25, 0.3) is 0 Å². The van der Waals surface area contributed by atoms with Gasteiger partial charge in [-0.2, -0.15) is 13.2 Å². The molecule has 0 amide bonds. The van der Waals surface area contributed by atoms with E-state index in [1.165, 1.54) is 6.20 Å². The second-order valence-electron chi connectivity index (χ2n) is 6.80. The van der Waals surface area contributed by atoms with Crippen molar-refractivity contribution in [3.05, 3.63) is 69.9 Å². The summed E-state index contributed by atoms with van der Waals surface area (Å²) in [5, 5.41) is 10.9. The minimum absolute atomic E-state index is 0.0118. The number of pyridine rings is 1. The number of nitrogens with one attached hydrogen (secondary N) is 1. The zero-order valence-electron chi connectivity index (χ0n) is 16.3. The molecule has 158 valence electrons. The molecule has 30 heavy (non-hydrogen) atoms. The maximum absolute atomic E-state index is 13.3. The predicted octanol–water partition coefficient (Wildman–Crippen LogP) is 4.84. The molecular weight excluding hydrogens is 419 g/mol. The fourth-order valence-corrected chi connectivity index (χ4v) is 3.15. The van der Waals surface area contributed by atoms with Gasteiger partial charge in [0.25, 0.3) is 5.78 Å². The Morgan fingerprint density at radius 3 is 2.53 bits per heavy atom. The van der Waals surface area contributed by atoms with E-state index in [-0.39, 0.29) is 12.4 Å². The summed E-state index contributed by atoms with van der Waals surface area (Å²) in [6.45, 7) is 4.54. The first-order valence-corrected chi connectivity index (χ1v) is 9.47. The molecule has 1 saturated heterocycles. The number of aromatic nitrogens is 1. The summed E-state index contributed by atoms with van der Waals surface area (Å²) in [6, 6.07) is 8.66. The standard InChI is InChI=1S/C20H19ClF3N5O/c1-12-4-3-5-13(2)16(12)27-28-17(18(30)20(22,23)24)19-25-8-9-29(19)11-14-6-7-15(21)26-10-14/h3-7,10,25H,8-9,11H2,1-2H3/b19-17-,28-27+. The number of rotatable bonds is 5. The molecule has 1 N–H and O–H groups in total. The lowest BCUT2D eigenvalue weighted by Gasteiger charge is -2.20. The minimum atomic E-state index is -5.08. The van der Waals surface area contributed by atoms with Crippen molar-refractivity contribution < 1.29 is 18.0 Å². The average Bonchev–Trinajstić information content (AvgIpc) is 3.13. The van der Waals surface area contributed by atoms with E-state index in [1.54, 1.807) is 43.0 Å². The van der Waals surface area contributed by atoms with Crippen molar-refractivity contribution in [2.45, 2.75) is 26.6 Å². The quantitative estimate of drug-likeness (QED) is 0.413. The largest absolute Gasteiger partial charge is 0.456 e. The zero-order valence-corrected chi connectivity index (χ0v) is 17.1. The van der Waals surface area contributed by atoms with Crippen molar-refractivity contribution in [3.8, 4) is 0 Å². The second kappa shape index (κ2) is 8.83. The van der Waals surface area contributed by atoms with Gasteiger partial charge in [-0.05, 0) is 36.6 Å². The molecule has 1 aliphatic heterocycles. The number of allylic oxidation sites excluding steroid dienone is 1. The fourth-order valence-electron chi connectivity index (χ4n) is 3.04. The minimum Gasteiger partial charge on any atom is -0.368 e. The average molecular weight is 438 g/mol. The van der Waals surface area contributed by atoms with Crippen LogP contribution in [0.4, 0.5) is 18.9 Å². The summed E-state index contributed by atoms with van der Waals surface area (Å²) in [7, 11) is 0. The topological polar surface area (TPSA) is 70.0 Å². The molecule has 10 heteroatoms. The lowest BCUT2D eigenvalue weighted by Crippen LogP contribution is -2.30. The number of hydrogen-bond acceptors (Lipinski definition) is 6. The van der Waals surface area contributed by atoms with Crippen LogP contribution in [0, 0.1) is 13.8 Å². The van der Waals surface area contributed by atoms with Crippen molar-refractivity contribution in [1.29, 1.82) is 0 Å². The maximum Gasteiger partial charge on any atom is 0.456 e. The van der Waals surface area contributed by atoms with Crippen LogP contribution in [0.15, 0.2) is 58.3 Å². The van der Waals surface area contributed by atoms with Gasteiger partial charge in [0, 0.05) is 25.8 Å². The normalized spacial score (nSPS) is 16.1. The number of azo groups is 1. The third-order valence-corrected chi connectivity index (χ3v) is 4.76. The highest BCUT2D eigenvalue weighted by Gasteiger charge is 2.44. The molecule has 0 atom stereocenters. The van der Waals surface area contributed by atoms with Gasteiger partial charge in [-0.15, -0.1) is 10.2 Å². The van der Waals surface area contributed by atoms with Crippen LogP contribution >= 0.6 is 11.6 Å². The SMILES string of the molecule is Cc1cccc(C)c1/N=N/C(C(=O)C(F)(F)F)=C1/NCCN1Cc1ccc(Cl)nc1. The van der Waals surface area contributed by atoms with E-state index >= 15 is 0 Å². The van der Waals surface area contributed by atoms with Crippen molar-refractivity contribution >= 4 is 23.1 Å². The molecule has 2 aromatic rings.